The van der Waals surface area contributed by atoms with Crippen LogP contribution in [0.2, 0.25) is 0 Å². The van der Waals surface area contributed by atoms with Crippen molar-refractivity contribution in [1.29, 1.82) is 0 Å². The Morgan fingerprint density at radius 3 is 2.85 bits per heavy atom. The smallest absolute Gasteiger partial charge is 0.191 e. The van der Waals surface area contributed by atoms with E-state index in [1.807, 2.05) is 19.2 Å². The molecule has 3 aromatic rings. The van der Waals surface area contributed by atoms with E-state index in [0.29, 0.717) is 0 Å². The maximum absolute atomic E-state index is 4.65. The molecule has 0 atom stereocenters. The third-order valence-electron chi connectivity index (χ3n) is 4.05. The lowest BCUT2D eigenvalue weighted by Gasteiger charge is -2.12. The zero-order valence-electron chi connectivity index (χ0n) is 15.3. The van der Waals surface area contributed by atoms with Crippen molar-refractivity contribution in [2.24, 2.45) is 4.99 Å². The van der Waals surface area contributed by atoms with Gasteiger partial charge >= 0.3 is 0 Å². The van der Waals surface area contributed by atoms with Crippen molar-refractivity contribution >= 4 is 28.2 Å². The molecule has 26 heavy (non-hydrogen) atoms. The quantitative estimate of drug-likeness (QED) is 0.497. The van der Waals surface area contributed by atoms with Crippen LogP contribution >= 0.6 is 11.3 Å². The van der Waals surface area contributed by atoms with Gasteiger partial charge in [0, 0.05) is 43.0 Å². The van der Waals surface area contributed by atoms with Crippen molar-refractivity contribution in [3.63, 3.8) is 0 Å². The van der Waals surface area contributed by atoms with Crippen LogP contribution < -0.4 is 10.6 Å². The molecule has 0 aliphatic heterocycles. The van der Waals surface area contributed by atoms with Gasteiger partial charge in [-0.05, 0) is 31.9 Å². The summed E-state index contributed by atoms with van der Waals surface area (Å²) >= 11 is 1.69. The fourth-order valence-corrected chi connectivity index (χ4v) is 3.48. The Balaban J connectivity index is 1.55. The first-order chi connectivity index (χ1) is 12.8. The number of aryl methyl sites for hydroxylation is 1. The van der Waals surface area contributed by atoms with Crippen molar-refractivity contribution < 1.29 is 0 Å². The van der Waals surface area contributed by atoms with E-state index < -0.39 is 0 Å². The highest BCUT2D eigenvalue weighted by Crippen LogP contribution is 2.16. The van der Waals surface area contributed by atoms with Crippen LogP contribution in [0.4, 0.5) is 0 Å². The molecule has 0 radical (unpaired) electrons. The molecule has 0 unspecified atom stereocenters. The molecule has 0 aliphatic carbocycles. The number of nitrogens with one attached hydrogen (secondary N) is 2. The molecule has 6 heteroatoms. The summed E-state index contributed by atoms with van der Waals surface area (Å²) in [6.45, 7) is 6.50. The van der Waals surface area contributed by atoms with Crippen molar-refractivity contribution in [2.45, 2.75) is 26.7 Å². The largest absolute Gasteiger partial charge is 0.357 e. The van der Waals surface area contributed by atoms with E-state index in [1.54, 1.807) is 11.3 Å². The fraction of sp³-hybridized carbons (Fsp3) is 0.350. The molecule has 0 fully saturated rings. The lowest BCUT2D eigenvalue weighted by atomic mass is 10.1. The molecule has 5 nitrogen and oxygen atoms in total. The van der Waals surface area contributed by atoms with Crippen LogP contribution in [0.1, 0.15) is 23.2 Å². The summed E-state index contributed by atoms with van der Waals surface area (Å²) in [5.74, 6) is 0.854. The Morgan fingerprint density at radius 1 is 1.15 bits per heavy atom. The fourth-order valence-electron chi connectivity index (χ4n) is 2.83. The van der Waals surface area contributed by atoms with E-state index in [9.17, 15) is 0 Å². The summed E-state index contributed by atoms with van der Waals surface area (Å²) in [5.41, 5.74) is 3.45. The van der Waals surface area contributed by atoms with Gasteiger partial charge in [0.2, 0.25) is 0 Å². The highest BCUT2D eigenvalue weighted by Gasteiger charge is 2.03. The summed E-state index contributed by atoms with van der Waals surface area (Å²) < 4.78 is 0. The topological polar surface area (TPSA) is 62.2 Å². The van der Waals surface area contributed by atoms with E-state index in [0.717, 1.165) is 54.7 Å². The number of rotatable bonds is 7. The number of pyridine rings is 1. The van der Waals surface area contributed by atoms with Gasteiger partial charge in [0.25, 0.3) is 0 Å². The number of benzene rings is 1. The van der Waals surface area contributed by atoms with E-state index in [1.165, 1.54) is 10.9 Å². The van der Waals surface area contributed by atoms with E-state index in [4.69, 9.17) is 0 Å². The maximum atomic E-state index is 4.65. The van der Waals surface area contributed by atoms with Crippen molar-refractivity contribution in [3.8, 4) is 0 Å². The second-order valence-electron chi connectivity index (χ2n) is 6.04. The van der Waals surface area contributed by atoms with Gasteiger partial charge in [0.1, 0.15) is 0 Å². The number of para-hydroxylation sites is 1. The number of hydrogen-bond donors (Lipinski definition) is 2. The number of thiazole rings is 1. The Kier molecular flexibility index (Phi) is 6.55. The molecule has 0 saturated carbocycles. The van der Waals surface area contributed by atoms with Gasteiger partial charge in [-0.1, -0.05) is 24.3 Å². The first-order valence-electron chi connectivity index (χ1n) is 9.02. The molecule has 0 spiro atoms. The van der Waals surface area contributed by atoms with Crippen LogP contribution in [0.15, 0.2) is 46.9 Å². The number of fused-ring (bicyclic) bond motifs is 1. The Bertz CT molecular complexity index is 866. The Labute approximate surface area is 158 Å². The van der Waals surface area contributed by atoms with Gasteiger partial charge in [-0.15, -0.1) is 11.3 Å². The van der Waals surface area contributed by atoms with Gasteiger partial charge in [-0.3, -0.25) is 9.98 Å². The van der Waals surface area contributed by atoms with Gasteiger partial charge < -0.3 is 10.6 Å². The SMILES string of the molecule is CCNC(=NCCc1csc(C)n1)NCCc1cccc2cccnc12. The molecule has 0 saturated heterocycles. The number of nitrogens with zero attached hydrogens (tertiary/aromatic N) is 3. The number of hydrogen-bond acceptors (Lipinski definition) is 4. The second-order valence-corrected chi connectivity index (χ2v) is 7.10. The van der Waals surface area contributed by atoms with Gasteiger partial charge in [-0.2, -0.15) is 0 Å². The predicted molar refractivity (Wildman–Crippen MR) is 110 cm³/mol. The molecule has 0 bridgehead atoms. The maximum Gasteiger partial charge on any atom is 0.191 e. The van der Waals surface area contributed by atoms with Crippen LogP contribution in [0.25, 0.3) is 10.9 Å². The summed E-state index contributed by atoms with van der Waals surface area (Å²) in [5, 5.41) is 11.1. The van der Waals surface area contributed by atoms with Crippen molar-refractivity contribution in [3.05, 3.63) is 58.2 Å². The lowest BCUT2D eigenvalue weighted by molar-refractivity contribution is 0.796. The van der Waals surface area contributed by atoms with Crippen molar-refractivity contribution in [1.82, 2.24) is 20.6 Å². The Morgan fingerprint density at radius 2 is 2.04 bits per heavy atom. The second kappa shape index (κ2) is 9.29. The molecule has 0 amide bonds. The summed E-state index contributed by atoms with van der Waals surface area (Å²) in [7, 11) is 0. The Hall–Kier alpha value is -2.47. The predicted octanol–water partition coefficient (Wildman–Crippen LogP) is 3.34. The van der Waals surface area contributed by atoms with E-state index in [2.05, 4.69) is 62.2 Å². The standard InChI is InChI=1S/C20H25N5S/c1-3-21-20(24-13-10-18-14-26-15(2)25-18)23-12-9-17-7-4-6-16-8-5-11-22-19(16)17/h4-8,11,14H,3,9-10,12-13H2,1-2H3,(H2,21,23,24). The van der Waals surface area contributed by atoms with Gasteiger partial charge in [0.05, 0.1) is 16.2 Å². The molecular formula is C20H25N5S. The molecule has 3 rings (SSSR count). The summed E-state index contributed by atoms with van der Waals surface area (Å²) in [6.07, 6.45) is 3.63. The highest BCUT2D eigenvalue weighted by atomic mass is 32.1. The number of guanidine groups is 1. The van der Waals surface area contributed by atoms with Crippen LogP contribution in [0, 0.1) is 6.92 Å². The van der Waals surface area contributed by atoms with Crippen LogP contribution in [0.5, 0.6) is 0 Å². The molecule has 2 N–H and O–H groups in total. The van der Waals surface area contributed by atoms with Gasteiger partial charge in [0.15, 0.2) is 5.96 Å². The van der Waals surface area contributed by atoms with Crippen LogP contribution in [-0.2, 0) is 12.8 Å². The third kappa shape index (κ3) is 5.02. The van der Waals surface area contributed by atoms with E-state index in [-0.39, 0.29) is 0 Å². The minimum absolute atomic E-state index is 0.730. The molecule has 2 aromatic heterocycles. The average Bonchev–Trinajstić information content (AvgIpc) is 3.07. The molecular weight excluding hydrogens is 342 g/mol. The van der Waals surface area contributed by atoms with Crippen LogP contribution in [0.3, 0.4) is 0 Å². The molecule has 136 valence electrons. The highest BCUT2D eigenvalue weighted by molar-refractivity contribution is 7.09. The first kappa shape index (κ1) is 18.3. The zero-order chi connectivity index (χ0) is 18.2. The number of aliphatic imine (C=N–C) groups is 1. The molecule has 1 aromatic carbocycles. The summed E-state index contributed by atoms with van der Waals surface area (Å²) in [6, 6.07) is 10.4. The average molecular weight is 368 g/mol. The van der Waals surface area contributed by atoms with Gasteiger partial charge in [-0.25, -0.2) is 4.98 Å². The molecule has 0 aliphatic rings. The minimum atomic E-state index is 0.730. The normalized spacial score (nSPS) is 11.7. The van der Waals surface area contributed by atoms with E-state index >= 15 is 0 Å². The van der Waals surface area contributed by atoms with Crippen LogP contribution in [-0.4, -0.2) is 35.6 Å². The monoisotopic (exact) mass is 367 g/mol. The third-order valence-corrected chi connectivity index (χ3v) is 4.87. The first-order valence-corrected chi connectivity index (χ1v) is 9.90. The lowest BCUT2D eigenvalue weighted by Crippen LogP contribution is -2.38. The number of aromatic nitrogens is 2. The molecule has 2 heterocycles. The van der Waals surface area contributed by atoms with Crippen molar-refractivity contribution in [2.75, 3.05) is 19.6 Å². The zero-order valence-corrected chi connectivity index (χ0v) is 16.1. The summed E-state index contributed by atoms with van der Waals surface area (Å²) in [4.78, 5) is 13.7. The minimum Gasteiger partial charge on any atom is -0.357 e.